The third kappa shape index (κ3) is 2.50. The van der Waals surface area contributed by atoms with Gasteiger partial charge in [-0.3, -0.25) is 4.79 Å². The number of rotatable bonds is 2. The maximum Gasteiger partial charge on any atom is 0.347 e. The average Bonchev–Trinajstić information content (AvgIpc) is 2.31. The molecule has 0 spiro atoms. The highest BCUT2D eigenvalue weighted by Gasteiger charge is 2.28. The zero-order valence-electron chi connectivity index (χ0n) is 12.3. The first-order valence-electron chi connectivity index (χ1n) is 6.23. The molecule has 0 saturated carbocycles. The Morgan fingerprint density at radius 2 is 1.89 bits per heavy atom. The third-order valence-corrected chi connectivity index (χ3v) is 3.11. The van der Waals surface area contributed by atoms with Crippen molar-refractivity contribution >= 4 is 5.97 Å². The molecule has 1 aromatic rings. The number of carbonyl (C=O) groups is 1. The lowest BCUT2D eigenvalue weighted by atomic mass is 10.0. The Hall–Kier alpha value is -1.78. The van der Waals surface area contributed by atoms with Gasteiger partial charge >= 0.3 is 5.97 Å². The number of carbonyl (C=O) groups excluding carboxylic acids is 1. The van der Waals surface area contributed by atoms with E-state index in [1.54, 1.807) is 11.5 Å². The van der Waals surface area contributed by atoms with Crippen molar-refractivity contribution in [1.29, 1.82) is 0 Å². The molecule has 0 bridgehead atoms. The zero-order valence-corrected chi connectivity index (χ0v) is 12.3. The van der Waals surface area contributed by atoms with Crippen molar-refractivity contribution in [3.05, 3.63) is 27.2 Å². The summed E-state index contributed by atoms with van der Waals surface area (Å²) in [6.45, 7) is 9.24. The minimum absolute atomic E-state index is 0.283. The van der Waals surface area contributed by atoms with Gasteiger partial charge in [-0.2, -0.15) is 0 Å². The lowest BCUT2D eigenvalue weighted by molar-refractivity contribution is 0.0593. The molecule has 0 amide bonds. The van der Waals surface area contributed by atoms with Crippen molar-refractivity contribution in [1.82, 2.24) is 4.57 Å². The zero-order chi connectivity index (χ0) is 15.0. The van der Waals surface area contributed by atoms with Crippen molar-refractivity contribution in [2.45, 2.75) is 46.6 Å². The molecule has 5 heteroatoms. The van der Waals surface area contributed by atoms with Crippen LogP contribution in [0.1, 0.15) is 49.3 Å². The molecule has 19 heavy (non-hydrogen) atoms. The number of aromatic hydroxyl groups is 1. The molecule has 0 fully saturated rings. The number of esters is 1. The van der Waals surface area contributed by atoms with Crippen LogP contribution in [0.25, 0.3) is 0 Å². The second-order valence-electron chi connectivity index (χ2n) is 5.45. The fraction of sp³-hybridized carbons (Fsp3) is 0.571. The summed E-state index contributed by atoms with van der Waals surface area (Å²) in [5, 5.41) is 10.1. The van der Waals surface area contributed by atoms with Crippen LogP contribution in [0.15, 0.2) is 4.79 Å². The first-order chi connectivity index (χ1) is 8.66. The molecule has 0 aromatic carbocycles. The summed E-state index contributed by atoms with van der Waals surface area (Å²) < 4.78 is 6.13. The Morgan fingerprint density at radius 3 is 2.26 bits per heavy atom. The van der Waals surface area contributed by atoms with E-state index in [1.165, 1.54) is 7.11 Å². The number of hydrogen-bond acceptors (Lipinski definition) is 4. The Balaban J connectivity index is 3.88. The predicted molar refractivity (Wildman–Crippen MR) is 72.8 cm³/mol. The average molecular weight is 267 g/mol. The van der Waals surface area contributed by atoms with Crippen LogP contribution in [-0.4, -0.2) is 22.8 Å². The van der Waals surface area contributed by atoms with Crippen LogP contribution < -0.4 is 5.56 Å². The van der Waals surface area contributed by atoms with Crippen molar-refractivity contribution in [3.63, 3.8) is 0 Å². The molecule has 0 atom stereocenters. The Bertz CT molecular complexity index is 564. The number of aromatic nitrogens is 1. The van der Waals surface area contributed by atoms with E-state index in [4.69, 9.17) is 0 Å². The highest BCUT2D eigenvalue weighted by molar-refractivity contribution is 5.92. The molecule has 1 aromatic heterocycles. The van der Waals surface area contributed by atoms with Gasteiger partial charge in [-0.15, -0.1) is 0 Å². The number of ether oxygens (including phenoxy) is 1. The summed E-state index contributed by atoms with van der Waals surface area (Å²) in [6.07, 6.45) is 0.591. The Kier molecular flexibility index (Phi) is 4.08. The summed E-state index contributed by atoms with van der Waals surface area (Å²) in [5.74, 6) is -1.10. The van der Waals surface area contributed by atoms with Crippen LogP contribution >= 0.6 is 0 Å². The number of hydrogen-bond donors (Lipinski definition) is 1. The van der Waals surface area contributed by atoms with Gasteiger partial charge in [0.25, 0.3) is 5.56 Å². The molecule has 1 heterocycles. The second kappa shape index (κ2) is 5.07. The van der Waals surface area contributed by atoms with E-state index in [1.807, 2.05) is 27.7 Å². The van der Waals surface area contributed by atoms with E-state index < -0.39 is 17.1 Å². The molecule has 0 aliphatic rings. The Morgan fingerprint density at radius 1 is 1.37 bits per heavy atom. The summed E-state index contributed by atoms with van der Waals surface area (Å²) in [5.41, 5.74) is -0.0320. The SMILES string of the molecule is CCc1c(C)c(O)c(C(=O)OC)c(=O)n1C(C)(C)C. The van der Waals surface area contributed by atoms with Crippen LogP contribution in [0.4, 0.5) is 0 Å². The van der Waals surface area contributed by atoms with Gasteiger partial charge in [-0.1, -0.05) is 6.92 Å². The van der Waals surface area contributed by atoms with E-state index in [2.05, 4.69) is 4.74 Å². The minimum Gasteiger partial charge on any atom is -0.506 e. The molecule has 0 aliphatic carbocycles. The number of methoxy groups -OCH3 is 1. The van der Waals surface area contributed by atoms with Crippen molar-refractivity contribution < 1.29 is 14.6 Å². The molecule has 1 N–H and O–H groups in total. The molecule has 0 radical (unpaired) electrons. The van der Waals surface area contributed by atoms with E-state index >= 15 is 0 Å². The van der Waals surface area contributed by atoms with Crippen molar-refractivity contribution in [3.8, 4) is 5.75 Å². The number of nitrogens with zero attached hydrogens (tertiary/aromatic N) is 1. The van der Waals surface area contributed by atoms with Gasteiger partial charge in [0.1, 0.15) is 5.75 Å². The lowest BCUT2D eigenvalue weighted by Crippen LogP contribution is -2.39. The van der Waals surface area contributed by atoms with Crippen LogP contribution in [0.5, 0.6) is 5.75 Å². The molecular formula is C14H21NO4. The van der Waals surface area contributed by atoms with Gasteiger partial charge < -0.3 is 14.4 Å². The summed E-state index contributed by atoms with van der Waals surface area (Å²) in [6, 6.07) is 0. The fourth-order valence-electron chi connectivity index (χ4n) is 2.25. The van der Waals surface area contributed by atoms with E-state index in [9.17, 15) is 14.7 Å². The maximum atomic E-state index is 12.5. The molecule has 5 nitrogen and oxygen atoms in total. The second-order valence-corrected chi connectivity index (χ2v) is 5.45. The summed E-state index contributed by atoms with van der Waals surface area (Å²) in [4.78, 5) is 24.2. The predicted octanol–water partition coefficient (Wildman–Crippen LogP) is 1.97. The monoisotopic (exact) mass is 267 g/mol. The van der Waals surface area contributed by atoms with Crippen molar-refractivity contribution in [2.24, 2.45) is 0 Å². The Labute approximate surface area is 112 Å². The largest absolute Gasteiger partial charge is 0.506 e. The highest BCUT2D eigenvalue weighted by Crippen LogP contribution is 2.27. The first-order valence-corrected chi connectivity index (χ1v) is 6.23. The quantitative estimate of drug-likeness (QED) is 0.832. The van der Waals surface area contributed by atoms with Gasteiger partial charge in [0.05, 0.1) is 7.11 Å². The van der Waals surface area contributed by atoms with Crippen LogP contribution in [0.3, 0.4) is 0 Å². The molecular weight excluding hydrogens is 246 g/mol. The topological polar surface area (TPSA) is 68.5 Å². The maximum absolute atomic E-state index is 12.5. The summed E-state index contributed by atoms with van der Waals surface area (Å²) in [7, 11) is 1.19. The summed E-state index contributed by atoms with van der Waals surface area (Å²) >= 11 is 0. The normalized spacial score (nSPS) is 11.5. The van der Waals surface area contributed by atoms with Crippen LogP contribution in [0, 0.1) is 6.92 Å². The van der Waals surface area contributed by atoms with Gasteiger partial charge in [-0.05, 0) is 34.1 Å². The first kappa shape index (κ1) is 15.3. The standard InChI is InChI=1S/C14H21NO4/c1-7-9-8(2)11(16)10(13(18)19-6)12(17)15(9)14(3,4)5/h16H,7H2,1-6H3. The molecule has 0 aliphatic heterocycles. The van der Waals surface area contributed by atoms with Gasteiger partial charge in [0.15, 0.2) is 5.56 Å². The third-order valence-electron chi connectivity index (χ3n) is 3.11. The molecule has 106 valence electrons. The van der Waals surface area contributed by atoms with Gasteiger partial charge in [-0.25, -0.2) is 4.79 Å². The van der Waals surface area contributed by atoms with Crippen LogP contribution in [0.2, 0.25) is 0 Å². The highest BCUT2D eigenvalue weighted by atomic mass is 16.5. The van der Waals surface area contributed by atoms with Crippen molar-refractivity contribution in [2.75, 3.05) is 7.11 Å². The molecule has 1 rings (SSSR count). The van der Waals surface area contributed by atoms with Gasteiger partial charge in [0, 0.05) is 16.8 Å². The molecule has 0 saturated heterocycles. The fourth-order valence-corrected chi connectivity index (χ4v) is 2.25. The lowest BCUT2D eigenvalue weighted by Gasteiger charge is -2.28. The molecule has 0 unspecified atom stereocenters. The smallest absolute Gasteiger partial charge is 0.347 e. The minimum atomic E-state index is -0.814. The van der Waals surface area contributed by atoms with E-state index in [0.717, 1.165) is 5.69 Å². The van der Waals surface area contributed by atoms with Gasteiger partial charge in [0.2, 0.25) is 0 Å². The van der Waals surface area contributed by atoms with E-state index in [0.29, 0.717) is 12.0 Å². The van der Waals surface area contributed by atoms with Crippen LogP contribution in [-0.2, 0) is 16.7 Å². The number of pyridine rings is 1. The van der Waals surface area contributed by atoms with E-state index in [-0.39, 0.29) is 11.3 Å².